The molecule has 4 rings (SSSR count). The van der Waals surface area contributed by atoms with Crippen LogP contribution >= 0.6 is 24.8 Å². The average molecular weight is 409 g/mol. The fraction of sp³-hybridized carbons (Fsp3) is 0.333. The topological polar surface area (TPSA) is 101 Å². The van der Waals surface area contributed by atoms with E-state index >= 15 is 0 Å². The van der Waals surface area contributed by atoms with Crippen molar-refractivity contribution in [2.24, 2.45) is 5.73 Å². The zero-order valence-electron chi connectivity index (χ0n) is 14.8. The van der Waals surface area contributed by atoms with E-state index < -0.39 is 0 Å². The van der Waals surface area contributed by atoms with Crippen LogP contribution in [0, 0.1) is 0 Å². The Labute approximate surface area is 169 Å². The lowest BCUT2D eigenvalue weighted by Crippen LogP contribution is -2.35. The van der Waals surface area contributed by atoms with Gasteiger partial charge in [0.2, 0.25) is 0 Å². The van der Waals surface area contributed by atoms with Crippen molar-refractivity contribution in [2.45, 2.75) is 31.3 Å². The van der Waals surface area contributed by atoms with Gasteiger partial charge in [-0.3, -0.25) is 4.79 Å². The first kappa shape index (κ1) is 21.1. The van der Waals surface area contributed by atoms with Crippen LogP contribution in [0.15, 0.2) is 41.5 Å². The third kappa shape index (κ3) is 4.37. The number of anilines is 1. The molecule has 2 heterocycles. The van der Waals surface area contributed by atoms with Gasteiger partial charge in [-0.2, -0.15) is 0 Å². The molecule has 0 bridgehead atoms. The molecular formula is C18H22Cl2N6O. The van der Waals surface area contributed by atoms with Crippen molar-refractivity contribution in [2.75, 3.05) is 11.9 Å². The Hall–Kier alpha value is -2.22. The Balaban J connectivity index is 0.00000131. The lowest BCUT2D eigenvalue weighted by Gasteiger charge is -2.32. The van der Waals surface area contributed by atoms with Gasteiger partial charge in [-0.15, -0.1) is 24.8 Å². The lowest BCUT2D eigenvalue weighted by molar-refractivity contribution is 0.345. The van der Waals surface area contributed by atoms with Crippen LogP contribution in [0.5, 0.6) is 0 Å². The van der Waals surface area contributed by atoms with Crippen molar-refractivity contribution in [3.8, 4) is 0 Å². The second-order valence-corrected chi connectivity index (χ2v) is 6.62. The van der Waals surface area contributed by atoms with E-state index in [0.29, 0.717) is 29.2 Å². The van der Waals surface area contributed by atoms with Gasteiger partial charge in [-0.25, -0.2) is 15.0 Å². The third-order valence-electron chi connectivity index (χ3n) is 4.71. The molecule has 0 radical (unpaired) electrons. The number of nitrogens with two attached hydrogens (primary N) is 1. The van der Waals surface area contributed by atoms with Crippen LogP contribution in [0.1, 0.15) is 30.3 Å². The minimum Gasteiger partial charge on any atom is -0.352 e. The van der Waals surface area contributed by atoms with Crippen LogP contribution in [0.3, 0.4) is 0 Å². The fourth-order valence-corrected chi connectivity index (χ4v) is 3.21. The summed E-state index contributed by atoms with van der Waals surface area (Å²) in [5, 5.41) is 0.597. The quantitative estimate of drug-likeness (QED) is 0.686. The molecule has 27 heavy (non-hydrogen) atoms. The van der Waals surface area contributed by atoms with E-state index in [-0.39, 0.29) is 36.4 Å². The molecule has 1 fully saturated rings. The number of nitrogens with zero attached hydrogens (tertiary/aromatic N) is 4. The minimum atomic E-state index is -0.124. The molecule has 3 aromatic rings. The van der Waals surface area contributed by atoms with Gasteiger partial charge in [0.25, 0.3) is 5.56 Å². The van der Waals surface area contributed by atoms with Crippen molar-refractivity contribution in [1.82, 2.24) is 19.9 Å². The smallest absolute Gasteiger partial charge is 0.258 e. The normalized spacial score (nSPS) is 18.1. The van der Waals surface area contributed by atoms with E-state index in [0.717, 1.165) is 24.4 Å². The van der Waals surface area contributed by atoms with Crippen LogP contribution in [0.2, 0.25) is 0 Å². The Morgan fingerprint density at radius 2 is 1.96 bits per heavy atom. The number of hydrogen-bond acceptors (Lipinski definition) is 6. The van der Waals surface area contributed by atoms with E-state index in [4.69, 9.17) is 5.73 Å². The predicted octanol–water partition coefficient (Wildman–Crippen LogP) is 2.40. The monoisotopic (exact) mass is 408 g/mol. The van der Waals surface area contributed by atoms with Crippen LogP contribution < -0.4 is 16.2 Å². The van der Waals surface area contributed by atoms with E-state index in [1.54, 1.807) is 12.4 Å². The number of hydrogen-bond donors (Lipinski definition) is 2. The van der Waals surface area contributed by atoms with Crippen LogP contribution in [0.25, 0.3) is 10.9 Å². The van der Waals surface area contributed by atoms with E-state index in [9.17, 15) is 4.79 Å². The number of benzene rings is 1. The maximum absolute atomic E-state index is 12.2. The van der Waals surface area contributed by atoms with Crippen molar-refractivity contribution >= 4 is 41.5 Å². The average Bonchev–Trinajstić information content (AvgIpc) is 2.59. The highest BCUT2D eigenvalue weighted by Gasteiger charge is 2.28. The number of aromatic nitrogens is 4. The SMILES string of the molecule is CN(Cc1nc2ccccc2c(=O)[nH]1)c1cc(C2CC(N)C2)ncn1.Cl.Cl. The van der Waals surface area contributed by atoms with Gasteiger partial charge in [0.15, 0.2) is 0 Å². The zero-order valence-corrected chi connectivity index (χ0v) is 16.5. The van der Waals surface area contributed by atoms with Gasteiger partial charge in [0.1, 0.15) is 18.0 Å². The first-order valence-electron chi connectivity index (χ1n) is 8.37. The van der Waals surface area contributed by atoms with Gasteiger partial charge in [-0.1, -0.05) is 12.1 Å². The van der Waals surface area contributed by atoms with Gasteiger partial charge >= 0.3 is 0 Å². The highest BCUT2D eigenvalue weighted by Crippen LogP contribution is 2.35. The molecule has 0 saturated heterocycles. The molecule has 9 heteroatoms. The number of H-pyrrole nitrogens is 1. The van der Waals surface area contributed by atoms with Gasteiger partial charge in [0, 0.05) is 30.8 Å². The summed E-state index contributed by atoms with van der Waals surface area (Å²) in [5.74, 6) is 1.84. The molecule has 0 atom stereocenters. The number of para-hydroxylation sites is 1. The molecule has 1 saturated carbocycles. The Bertz CT molecular complexity index is 973. The molecule has 3 N–H and O–H groups in total. The van der Waals surface area contributed by atoms with E-state index in [2.05, 4.69) is 19.9 Å². The Morgan fingerprint density at radius 1 is 1.22 bits per heavy atom. The molecule has 7 nitrogen and oxygen atoms in total. The summed E-state index contributed by atoms with van der Waals surface area (Å²) in [6, 6.07) is 9.61. The largest absolute Gasteiger partial charge is 0.352 e. The van der Waals surface area contributed by atoms with Crippen molar-refractivity contribution in [3.63, 3.8) is 0 Å². The van der Waals surface area contributed by atoms with Crippen molar-refractivity contribution < 1.29 is 0 Å². The number of nitrogens with one attached hydrogen (secondary N) is 1. The highest BCUT2D eigenvalue weighted by molar-refractivity contribution is 5.85. The van der Waals surface area contributed by atoms with Crippen molar-refractivity contribution in [1.29, 1.82) is 0 Å². The van der Waals surface area contributed by atoms with Crippen LogP contribution in [0.4, 0.5) is 5.82 Å². The molecule has 0 unspecified atom stereocenters. The first-order chi connectivity index (χ1) is 12.1. The fourth-order valence-electron chi connectivity index (χ4n) is 3.21. The predicted molar refractivity (Wildman–Crippen MR) is 111 cm³/mol. The summed E-state index contributed by atoms with van der Waals surface area (Å²) >= 11 is 0. The maximum atomic E-state index is 12.2. The molecule has 0 aliphatic heterocycles. The number of rotatable bonds is 4. The lowest BCUT2D eigenvalue weighted by atomic mass is 9.78. The number of halogens is 2. The molecular weight excluding hydrogens is 387 g/mol. The molecule has 1 aliphatic carbocycles. The Kier molecular flexibility index (Phi) is 6.75. The minimum absolute atomic E-state index is 0. The second-order valence-electron chi connectivity index (χ2n) is 6.62. The van der Waals surface area contributed by atoms with E-state index in [1.807, 2.05) is 36.2 Å². The first-order valence-corrected chi connectivity index (χ1v) is 8.37. The molecule has 1 aliphatic rings. The van der Waals surface area contributed by atoms with Gasteiger partial charge < -0.3 is 15.6 Å². The van der Waals surface area contributed by atoms with Crippen molar-refractivity contribution in [3.05, 3.63) is 58.5 Å². The van der Waals surface area contributed by atoms with Crippen LogP contribution in [-0.4, -0.2) is 33.0 Å². The number of aromatic amines is 1. The van der Waals surface area contributed by atoms with Gasteiger partial charge in [-0.05, 0) is 25.0 Å². The summed E-state index contributed by atoms with van der Waals surface area (Å²) in [4.78, 5) is 30.2. The summed E-state index contributed by atoms with van der Waals surface area (Å²) in [7, 11) is 1.92. The summed E-state index contributed by atoms with van der Waals surface area (Å²) in [6.45, 7) is 0.459. The van der Waals surface area contributed by atoms with Crippen LogP contribution in [-0.2, 0) is 6.54 Å². The molecule has 1 aromatic carbocycles. The summed E-state index contributed by atoms with van der Waals surface area (Å²) in [5.41, 5.74) is 7.47. The second kappa shape index (κ2) is 8.65. The van der Waals surface area contributed by atoms with Gasteiger partial charge in [0.05, 0.1) is 17.4 Å². The summed E-state index contributed by atoms with van der Waals surface area (Å²) in [6.07, 6.45) is 3.53. The molecule has 144 valence electrons. The maximum Gasteiger partial charge on any atom is 0.258 e. The molecule has 0 amide bonds. The summed E-state index contributed by atoms with van der Waals surface area (Å²) < 4.78 is 0. The standard InChI is InChI=1S/C18H20N6O.2ClH/c1-24(17-8-15(20-10-21-17)11-6-12(19)7-11)9-16-22-14-5-3-2-4-13(14)18(25)23-16;;/h2-5,8,10-12H,6-7,9,19H2,1H3,(H,22,23,25);2*1H. The highest BCUT2D eigenvalue weighted by atomic mass is 35.5. The number of fused-ring (bicyclic) bond motifs is 1. The zero-order chi connectivity index (χ0) is 17.4. The third-order valence-corrected chi connectivity index (χ3v) is 4.71. The van der Waals surface area contributed by atoms with E-state index in [1.165, 1.54) is 0 Å². The Morgan fingerprint density at radius 3 is 2.70 bits per heavy atom. The molecule has 2 aromatic heterocycles. The molecule has 0 spiro atoms.